The average molecular weight is 385 g/mol. The first-order valence-corrected chi connectivity index (χ1v) is 10.2. The van der Waals surface area contributed by atoms with Crippen molar-refractivity contribution >= 4 is 34.0 Å². The molecule has 6 nitrogen and oxygen atoms in total. The number of nitrogens with zero attached hydrogens (tertiary/aromatic N) is 3. The van der Waals surface area contributed by atoms with E-state index >= 15 is 0 Å². The van der Waals surface area contributed by atoms with Gasteiger partial charge in [-0.3, -0.25) is 14.5 Å². The van der Waals surface area contributed by atoms with Crippen LogP contribution >= 0.6 is 11.3 Å². The van der Waals surface area contributed by atoms with Crippen LogP contribution in [0.4, 0.5) is 10.8 Å². The molecule has 0 radical (unpaired) electrons. The van der Waals surface area contributed by atoms with Gasteiger partial charge in [-0.2, -0.15) is 0 Å². The van der Waals surface area contributed by atoms with E-state index in [0.29, 0.717) is 18.2 Å². The number of aromatic nitrogens is 1. The van der Waals surface area contributed by atoms with E-state index in [1.54, 1.807) is 16.2 Å². The van der Waals surface area contributed by atoms with Crippen LogP contribution in [-0.2, 0) is 22.6 Å². The highest BCUT2D eigenvalue weighted by molar-refractivity contribution is 7.15. The van der Waals surface area contributed by atoms with Crippen molar-refractivity contribution in [2.45, 2.75) is 32.2 Å². The molecule has 0 spiro atoms. The Morgan fingerprint density at radius 1 is 1.30 bits per heavy atom. The quantitative estimate of drug-likeness (QED) is 0.861. The molecule has 142 valence electrons. The third-order valence-corrected chi connectivity index (χ3v) is 6.39. The molecule has 7 heteroatoms. The van der Waals surface area contributed by atoms with Crippen molar-refractivity contribution in [3.63, 3.8) is 0 Å². The highest BCUT2D eigenvalue weighted by atomic mass is 32.1. The lowest BCUT2D eigenvalue weighted by Crippen LogP contribution is -2.40. The highest BCUT2D eigenvalue weighted by Crippen LogP contribution is 2.31. The van der Waals surface area contributed by atoms with Crippen LogP contribution in [0.15, 0.2) is 30.3 Å². The fourth-order valence-corrected chi connectivity index (χ4v) is 4.46. The molecule has 0 saturated heterocycles. The van der Waals surface area contributed by atoms with E-state index in [0.717, 1.165) is 48.5 Å². The summed E-state index contributed by atoms with van der Waals surface area (Å²) in [6, 6.07) is 9.68. The number of hydrogen-bond acceptors (Lipinski definition) is 5. The molecule has 27 heavy (non-hydrogen) atoms. The Balaban J connectivity index is 1.35. The van der Waals surface area contributed by atoms with Crippen LogP contribution in [0.1, 0.15) is 29.8 Å². The van der Waals surface area contributed by atoms with Gasteiger partial charge < -0.3 is 10.2 Å². The zero-order valence-electron chi connectivity index (χ0n) is 15.5. The van der Waals surface area contributed by atoms with Crippen molar-refractivity contribution in [2.75, 3.05) is 30.4 Å². The van der Waals surface area contributed by atoms with Gasteiger partial charge in [0.15, 0.2) is 5.13 Å². The zero-order chi connectivity index (χ0) is 18.8. The van der Waals surface area contributed by atoms with Crippen LogP contribution in [0.3, 0.4) is 0 Å². The molecule has 1 N–H and O–H groups in total. The second-order valence-electron chi connectivity index (χ2n) is 7.25. The highest BCUT2D eigenvalue weighted by Gasteiger charge is 2.28. The summed E-state index contributed by atoms with van der Waals surface area (Å²) in [4.78, 5) is 34.3. The molecular formula is C20H24N4O2S. The van der Waals surface area contributed by atoms with Crippen molar-refractivity contribution < 1.29 is 9.59 Å². The summed E-state index contributed by atoms with van der Waals surface area (Å²) in [7, 11) is 1.81. The predicted molar refractivity (Wildman–Crippen MR) is 107 cm³/mol. The average Bonchev–Trinajstić information content (AvgIpc) is 3.01. The molecule has 1 aliphatic carbocycles. The summed E-state index contributed by atoms with van der Waals surface area (Å²) in [5.41, 5.74) is 1.96. The number of anilines is 2. The lowest BCUT2D eigenvalue weighted by atomic mass is 9.85. The molecule has 0 bridgehead atoms. The van der Waals surface area contributed by atoms with Gasteiger partial charge in [-0.25, -0.2) is 4.98 Å². The monoisotopic (exact) mass is 384 g/mol. The largest absolute Gasteiger partial charge is 0.314 e. The van der Waals surface area contributed by atoms with Gasteiger partial charge in [-0.1, -0.05) is 24.6 Å². The predicted octanol–water partition coefficient (Wildman–Crippen LogP) is 2.90. The van der Waals surface area contributed by atoms with Crippen molar-refractivity contribution in [3.05, 3.63) is 40.9 Å². The summed E-state index contributed by atoms with van der Waals surface area (Å²) in [5.74, 6) is 0.338. The Kier molecular flexibility index (Phi) is 5.22. The fourth-order valence-electron chi connectivity index (χ4n) is 3.41. The van der Waals surface area contributed by atoms with Crippen LogP contribution in [-0.4, -0.2) is 41.8 Å². The molecule has 0 unspecified atom stereocenters. The summed E-state index contributed by atoms with van der Waals surface area (Å²) in [6.45, 7) is 1.90. The standard InChI is InChI=1S/C20H24N4O2S/c1-23(15-8-3-2-4-9-15)18(25)13-24-11-10-16-17(12-24)27-20(21-16)22-19(26)14-6-5-7-14/h2-4,8-9,14H,5-7,10-13H2,1H3,(H,21,22,26). The van der Waals surface area contributed by atoms with Gasteiger partial charge in [0, 0.05) is 43.0 Å². The second-order valence-corrected chi connectivity index (χ2v) is 8.34. The van der Waals surface area contributed by atoms with Crippen LogP contribution in [0, 0.1) is 5.92 Å². The van der Waals surface area contributed by atoms with E-state index < -0.39 is 0 Å². The molecule has 0 atom stereocenters. The maximum Gasteiger partial charge on any atom is 0.240 e. The molecule has 1 aromatic carbocycles. The maximum absolute atomic E-state index is 12.6. The molecule has 2 amide bonds. The Morgan fingerprint density at radius 2 is 2.07 bits per heavy atom. The molecular weight excluding hydrogens is 360 g/mol. The minimum absolute atomic E-state index is 0.0766. The van der Waals surface area contributed by atoms with Crippen molar-refractivity contribution in [3.8, 4) is 0 Å². The number of fused-ring (bicyclic) bond motifs is 1. The van der Waals surface area contributed by atoms with E-state index in [9.17, 15) is 9.59 Å². The Bertz CT molecular complexity index is 832. The molecule has 1 aromatic heterocycles. The third-order valence-electron chi connectivity index (χ3n) is 5.39. The molecule has 2 aliphatic rings. The first-order valence-electron chi connectivity index (χ1n) is 9.43. The number of rotatable bonds is 5. The van der Waals surface area contributed by atoms with Gasteiger partial charge in [0.1, 0.15) is 0 Å². The number of hydrogen-bond donors (Lipinski definition) is 1. The van der Waals surface area contributed by atoms with Gasteiger partial charge in [0.25, 0.3) is 0 Å². The van der Waals surface area contributed by atoms with E-state index in [4.69, 9.17) is 0 Å². The minimum atomic E-state index is 0.0766. The van der Waals surface area contributed by atoms with Crippen LogP contribution in [0.25, 0.3) is 0 Å². The van der Waals surface area contributed by atoms with Crippen LogP contribution < -0.4 is 10.2 Å². The number of nitrogens with one attached hydrogen (secondary N) is 1. The minimum Gasteiger partial charge on any atom is -0.314 e. The number of likely N-dealkylation sites (N-methyl/N-ethyl adjacent to an activating group) is 1. The van der Waals surface area contributed by atoms with Gasteiger partial charge in [0.05, 0.1) is 12.2 Å². The number of carbonyl (C=O) groups excluding carboxylic acids is 2. The summed E-state index contributed by atoms with van der Waals surface area (Å²) < 4.78 is 0. The lowest BCUT2D eigenvalue weighted by molar-refractivity contribution is -0.122. The van der Waals surface area contributed by atoms with Gasteiger partial charge in [-0.15, -0.1) is 11.3 Å². The summed E-state index contributed by atoms with van der Waals surface area (Å²) >= 11 is 1.54. The molecule has 1 fully saturated rings. The van der Waals surface area contributed by atoms with Crippen molar-refractivity contribution in [2.24, 2.45) is 5.92 Å². The van der Waals surface area contributed by atoms with Crippen LogP contribution in [0.2, 0.25) is 0 Å². The number of benzene rings is 1. The Hall–Kier alpha value is -2.25. The van der Waals surface area contributed by atoms with E-state index in [1.807, 2.05) is 37.4 Å². The Labute approximate surface area is 163 Å². The molecule has 4 rings (SSSR count). The summed E-state index contributed by atoms with van der Waals surface area (Å²) in [5, 5.41) is 3.67. The molecule has 1 aliphatic heterocycles. The number of thiazole rings is 1. The van der Waals surface area contributed by atoms with Crippen molar-refractivity contribution in [1.29, 1.82) is 0 Å². The second kappa shape index (κ2) is 7.78. The van der Waals surface area contributed by atoms with Gasteiger partial charge in [-0.05, 0) is 25.0 Å². The smallest absolute Gasteiger partial charge is 0.240 e. The molecule has 2 heterocycles. The molecule has 2 aromatic rings. The first kappa shape index (κ1) is 18.1. The number of para-hydroxylation sites is 1. The van der Waals surface area contributed by atoms with E-state index in [1.165, 1.54) is 0 Å². The SMILES string of the molecule is CN(C(=O)CN1CCc2nc(NC(=O)C3CCC3)sc2C1)c1ccccc1. The van der Waals surface area contributed by atoms with Crippen LogP contribution in [0.5, 0.6) is 0 Å². The van der Waals surface area contributed by atoms with Gasteiger partial charge in [0.2, 0.25) is 11.8 Å². The van der Waals surface area contributed by atoms with Gasteiger partial charge >= 0.3 is 0 Å². The summed E-state index contributed by atoms with van der Waals surface area (Å²) in [6.07, 6.45) is 3.93. The normalized spacial score (nSPS) is 17.1. The van der Waals surface area contributed by atoms with E-state index in [2.05, 4.69) is 15.2 Å². The lowest BCUT2D eigenvalue weighted by Gasteiger charge is -2.27. The number of amides is 2. The fraction of sp³-hybridized carbons (Fsp3) is 0.450. The van der Waals surface area contributed by atoms with Crippen molar-refractivity contribution in [1.82, 2.24) is 9.88 Å². The van der Waals surface area contributed by atoms with E-state index in [-0.39, 0.29) is 17.7 Å². The Morgan fingerprint density at radius 3 is 2.78 bits per heavy atom. The molecule has 1 saturated carbocycles. The maximum atomic E-state index is 12.6. The first-order chi connectivity index (χ1) is 13.1. The third kappa shape index (κ3) is 4.04. The topological polar surface area (TPSA) is 65.5 Å². The number of carbonyl (C=O) groups is 2. The zero-order valence-corrected chi connectivity index (χ0v) is 16.3.